The van der Waals surface area contributed by atoms with Crippen LogP contribution in [0.4, 0.5) is 0 Å². The molecule has 0 unspecified atom stereocenters. The molecule has 0 radical (unpaired) electrons. The van der Waals surface area contributed by atoms with Gasteiger partial charge in [-0.1, -0.05) is 6.92 Å². The van der Waals surface area contributed by atoms with Gasteiger partial charge in [-0.25, -0.2) is 0 Å². The fourth-order valence-corrected chi connectivity index (χ4v) is 3.60. The Morgan fingerprint density at radius 1 is 1.30 bits per heavy atom. The molecule has 1 aliphatic carbocycles. The molecule has 2 fully saturated rings. The average Bonchev–Trinajstić information content (AvgIpc) is 3.49. The SMILES string of the molecule is CCc1nc(C)ccc1OCC(=O)N1CCC[C@H](CCC(=O)NC2CC2)C1. The third-order valence-electron chi connectivity index (χ3n) is 5.35. The molecule has 3 rings (SSSR count). The molecular weight excluding hydrogens is 342 g/mol. The quantitative estimate of drug-likeness (QED) is 0.760. The maximum absolute atomic E-state index is 12.6. The van der Waals surface area contributed by atoms with E-state index >= 15 is 0 Å². The van der Waals surface area contributed by atoms with Crippen LogP contribution in [0.3, 0.4) is 0 Å². The molecule has 2 aliphatic rings. The Labute approximate surface area is 161 Å². The highest BCUT2D eigenvalue weighted by Crippen LogP contribution is 2.23. The minimum absolute atomic E-state index is 0.0183. The Hall–Kier alpha value is -2.11. The van der Waals surface area contributed by atoms with Crippen LogP contribution >= 0.6 is 0 Å². The van der Waals surface area contributed by atoms with E-state index in [1.165, 1.54) is 0 Å². The lowest BCUT2D eigenvalue weighted by atomic mass is 9.93. The number of hydrogen-bond donors (Lipinski definition) is 1. The van der Waals surface area contributed by atoms with E-state index in [1.807, 2.05) is 30.9 Å². The highest BCUT2D eigenvalue weighted by Gasteiger charge is 2.26. The van der Waals surface area contributed by atoms with Crippen molar-refractivity contribution in [2.45, 2.75) is 64.8 Å². The van der Waals surface area contributed by atoms with Crippen molar-refractivity contribution in [1.82, 2.24) is 15.2 Å². The number of nitrogens with zero attached hydrogens (tertiary/aromatic N) is 2. The summed E-state index contributed by atoms with van der Waals surface area (Å²) in [6.07, 6.45) is 6.51. The van der Waals surface area contributed by atoms with Gasteiger partial charge in [-0.15, -0.1) is 0 Å². The van der Waals surface area contributed by atoms with Crippen LogP contribution in [0.25, 0.3) is 0 Å². The van der Waals surface area contributed by atoms with Crippen LogP contribution in [0.5, 0.6) is 5.75 Å². The Morgan fingerprint density at radius 3 is 2.85 bits per heavy atom. The summed E-state index contributed by atoms with van der Waals surface area (Å²) in [7, 11) is 0. The van der Waals surface area contributed by atoms with Crippen molar-refractivity contribution in [2.75, 3.05) is 19.7 Å². The van der Waals surface area contributed by atoms with Crippen LogP contribution in [-0.4, -0.2) is 47.4 Å². The highest BCUT2D eigenvalue weighted by atomic mass is 16.5. The van der Waals surface area contributed by atoms with Gasteiger partial charge >= 0.3 is 0 Å². The van der Waals surface area contributed by atoms with E-state index in [2.05, 4.69) is 10.3 Å². The van der Waals surface area contributed by atoms with Crippen LogP contribution in [0.1, 0.15) is 56.8 Å². The molecular formula is C21H31N3O3. The van der Waals surface area contributed by atoms with Gasteiger partial charge in [-0.3, -0.25) is 14.6 Å². The lowest BCUT2D eigenvalue weighted by Gasteiger charge is -2.32. The molecule has 1 atom stereocenters. The topological polar surface area (TPSA) is 71.5 Å². The maximum atomic E-state index is 12.6. The number of nitrogens with one attached hydrogen (secondary N) is 1. The number of amides is 2. The van der Waals surface area contributed by atoms with E-state index in [0.29, 0.717) is 24.1 Å². The first-order valence-electron chi connectivity index (χ1n) is 10.2. The number of likely N-dealkylation sites (tertiary alicyclic amines) is 1. The predicted molar refractivity (Wildman–Crippen MR) is 104 cm³/mol. The first-order valence-corrected chi connectivity index (χ1v) is 10.2. The summed E-state index contributed by atoms with van der Waals surface area (Å²) in [5.74, 6) is 1.27. The summed E-state index contributed by atoms with van der Waals surface area (Å²) in [4.78, 5) is 30.8. The zero-order valence-electron chi connectivity index (χ0n) is 16.5. The number of carbonyl (C=O) groups excluding carboxylic acids is 2. The molecule has 1 aromatic heterocycles. The van der Waals surface area contributed by atoms with Crippen molar-refractivity contribution in [3.05, 3.63) is 23.5 Å². The zero-order chi connectivity index (χ0) is 19.2. The molecule has 1 saturated heterocycles. The molecule has 1 aliphatic heterocycles. The van der Waals surface area contributed by atoms with Gasteiger partial charge in [-0.05, 0) is 63.5 Å². The van der Waals surface area contributed by atoms with Crippen LogP contribution in [-0.2, 0) is 16.0 Å². The molecule has 1 saturated carbocycles. The first-order chi connectivity index (χ1) is 13.0. The van der Waals surface area contributed by atoms with Crippen molar-refractivity contribution in [3.8, 4) is 5.75 Å². The lowest BCUT2D eigenvalue weighted by Crippen LogP contribution is -2.42. The number of aromatic nitrogens is 1. The summed E-state index contributed by atoms with van der Waals surface area (Å²) < 4.78 is 5.76. The molecule has 0 aromatic carbocycles. The molecule has 1 N–H and O–H groups in total. The van der Waals surface area contributed by atoms with Gasteiger partial charge in [0, 0.05) is 31.2 Å². The Bertz CT molecular complexity index is 673. The number of carbonyl (C=O) groups is 2. The van der Waals surface area contributed by atoms with Gasteiger partial charge in [-0.2, -0.15) is 0 Å². The van der Waals surface area contributed by atoms with Crippen LogP contribution in [0, 0.1) is 12.8 Å². The van der Waals surface area contributed by atoms with Crippen molar-refractivity contribution in [1.29, 1.82) is 0 Å². The van der Waals surface area contributed by atoms with E-state index in [4.69, 9.17) is 4.74 Å². The second-order valence-electron chi connectivity index (χ2n) is 7.77. The molecule has 1 aromatic rings. The minimum atomic E-state index is 0.0183. The standard InChI is InChI=1S/C21H31N3O3/c1-3-18-19(10-6-15(2)22-18)27-14-21(26)24-12-4-5-16(13-24)7-11-20(25)23-17-8-9-17/h6,10,16-17H,3-5,7-9,11-14H2,1-2H3,(H,23,25)/t16-/m1/s1. The third-order valence-corrected chi connectivity index (χ3v) is 5.35. The molecule has 2 amide bonds. The van der Waals surface area contributed by atoms with Crippen molar-refractivity contribution in [3.63, 3.8) is 0 Å². The van der Waals surface area contributed by atoms with Crippen molar-refractivity contribution in [2.24, 2.45) is 5.92 Å². The second kappa shape index (κ2) is 9.20. The van der Waals surface area contributed by atoms with Crippen molar-refractivity contribution >= 4 is 11.8 Å². The van der Waals surface area contributed by atoms with Crippen LogP contribution in [0.15, 0.2) is 12.1 Å². The van der Waals surface area contributed by atoms with Gasteiger partial charge in [0.2, 0.25) is 5.91 Å². The van der Waals surface area contributed by atoms with Crippen molar-refractivity contribution < 1.29 is 14.3 Å². The normalized spacial score (nSPS) is 19.6. The number of hydrogen-bond acceptors (Lipinski definition) is 4. The zero-order valence-corrected chi connectivity index (χ0v) is 16.5. The summed E-state index contributed by atoms with van der Waals surface area (Å²) in [6, 6.07) is 4.22. The largest absolute Gasteiger partial charge is 0.482 e. The summed E-state index contributed by atoms with van der Waals surface area (Å²) >= 11 is 0. The molecule has 0 spiro atoms. The first kappa shape index (κ1) is 19.6. The summed E-state index contributed by atoms with van der Waals surface area (Å²) in [5, 5.41) is 3.04. The highest BCUT2D eigenvalue weighted by molar-refractivity contribution is 5.78. The Kier molecular flexibility index (Phi) is 6.69. The molecule has 0 bridgehead atoms. The van der Waals surface area contributed by atoms with Crippen LogP contribution in [0.2, 0.25) is 0 Å². The van der Waals surface area contributed by atoms with E-state index in [0.717, 1.165) is 63.0 Å². The number of ether oxygens (including phenoxy) is 1. The number of pyridine rings is 1. The number of aryl methyl sites for hydroxylation is 2. The van der Waals surface area contributed by atoms with Crippen LogP contribution < -0.4 is 10.1 Å². The summed E-state index contributed by atoms with van der Waals surface area (Å²) in [5.41, 5.74) is 1.84. The van der Waals surface area contributed by atoms with E-state index in [1.54, 1.807) is 0 Å². The fraction of sp³-hybridized carbons (Fsp3) is 0.667. The van der Waals surface area contributed by atoms with Gasteiger partial charge in [0.15, 0.2) is 6.61 Å². The molecule has 6 heteroatoms. The lowest BCUT2D eigenvalue weighted by molar-refractivity contribution is -0.135. The van der Waals surface area contributed by atoms with Gasteiger partial charge in [0.25, 0.3) is 5.91 Å². The van der Waals surface area contributed by atoms with Gasteiger partial charge in [0.1, 0.15) is 5.75 Å². The minimum Gasteiger partial charge on any atom is -0.482 e. The number of rotatable bonds is 8. The summed E-state index contributed by atoms with van der Waals surface area (Å²) in [6.45, 7) is 5.54. The molecule has 2 heterocycles. The monoisotopic (exact) mass is 373 g/mol. The predicted octanol–water partition coefficient (Wildman–Crippen LogP) is 2.63. The fourth-order valence-electron chi connectivity index (χ4n) is 3.60. The maximum Gasteiger partial charge on any atom is 0.260 e. The van der Waals surface area contributed by atoms with E-state index in [9.17, 15) is 9.59 Å². The molecule has 27 heavy (non-hydrogen) atoms. The molecule has 6 nitrogen and oxygen atoms in total. The van der Waals surface area contributed by atoms with Gasteiger partial charge < -0.3 is 15.0 Å². The third kappa shape index (κ3) is 5.94. The van der Waals surface area contributed by atoms with E-state index < -0.39 is 0 Å². The Balaban J connectivity index is 1.44. The number of piperidine rings is 1. The Morgan fingerprint density at radius 2 is 2.11 bits per heavy atom. The molecule has 148 valence electrons. The average molecular weight is 373 g/mol. The second-order valence-corrected chi connectivity index (χ2v) is 7.77. The van der Waals surface area contributed by atoms with Gasteiger partial charge in [0.05, 0.1) is 5.69 Å². The van der Waals surface area contributed by atoms with E-state index in [-0.39, 0.29) is 18.4 Å². The smallest absolute Gasteiger partial charge is 0.260 e.